The van der Waals surface area contributed by atoms with Crippen molar-refractivity contribution in [3.63, 3.8) is 0 Å². The van der Waals surface area contributed by atoms with E-state index in [4.69, 9.17) is 9.47 Å². The predicted octanol–water partition coefficient (Wildman–Crippen LogP) is 4.40. The van der Waals surface area contributed by atoms with Gasteiger partial charge >= 0.3 is 5.97 Å². The number of hydrogen-bond donors (Lipinski definition) is 1. The molecule has 2 aromatic heterocycles. The largest absolute Gasteiger partial charge is 0.493 e. The highest BCUT2D eigenvalue weighted by molar-refractivity contribution is 5.89. The van der Waals surface area contributed by atoms with E-state index in [1.165, 1.54) is 12.3 Å². The highest BCUT2D eigenvalue weighted by atomic mass is 16.5. The number of para-hydroxylation sites is 1. The molecule has 2 aromatic carbocycles. The van der Waals surface area contributed by atoms with Crippen LogP contribution in [-0.2, 0) is 17.7 Å². The van der Waals surface area contributed by atoms with Crippen molar-refractivity contribution in [3.05, 3.63) is 82.3 Å². The lowest BCUT2D eigenvalue weighted by atomic mass is 9.92. The van der Waals surface area contributed by atoms with Crippen molar-refractivity contribution in [1.29, 1.82) is 0 Å². The maximum Gasteiger partial charge on any atom is 0.341 e. The summed E-state index contributed by atoms with van der Waals surface area (Å²) in [4.78, 5) is 28.5. The molecule has 0 saturated carbocycles. The van der Waals surface area contributed by atoms with Gasteiger partial charge in [-0.25, -0.2) is 4.79 Å². The van der Waals surface area contributed by atoms with Crippen molar-refractivity contribution in [2.75, 3.05) is 20.3 Å². The molecule has 5 rings (SSSR count). The first kappa shape index (κ1) is 21.9. The van der Waals surface area contributed by atoms with Crippen LogP contribution in [0.4, 0.5) is 0 Å². The zero-order valence-electron chi connectivity index (χ0n) is 18.8. The van der Waals surface area contributed by atoms with Gasteiger partial charge < -0.3 is 19.1 Å². The monoisotopic (exact) mass is 456 g/mol. The van der Waals surface area contributed by atoms with Crippen LogP contribution in [0.3, 0.4) is 0 Å². The quantitative estimate of drug-likeness (QED) is 0.415. The highest BCUT2D eigenvalue weighted by Gasteiger charge is 2.22. The fourth-order valence-electron chi connectivity index (χ4n) is 4.41. The minimum atomic E-state index is -1.21. The number of rotatable bonds is 7. The first-order valence-electron chi connectivity index (χ1n) is 11.2. The molecule has 0 saturated heterocycles. The van der Waals surface area contributed by atoms with Crippen LogP contribution in [0.5, 0.6) is 5.75 Å². The molecule has 0 unspecified atom stereocenters. The molecule has 3 heterocycles. The van der Waals surface area contributed by atoms with E-state index < -0.39 is 11.4 Å². The van der Waals surface area contributed by atoms with E-state index in [1.807, 2.05) is 47.2 Å². The molecule has 1 N–H and O–H groups in total. The molecule has 0 atom stereocenters. The van der Waals surface area contributed by atoms with Crippen LogP contribution in [0.1, 0.15) is 22.3 Å². The number of aromatic carboxylic acids is 1. The van der Waals surface area contributed by atoms with Gasteiger partial charge in [-0.2, -0.15) is 0 Å². The fourth-order valence-corrected chi connectivity index (χ4v) is 4.41. The molecule has 1 aliphatic rings. The van der Waals surface area contributed by atoms with Crippen LogP contribution >= 0.6 is 0 Å². The van der Waals surface area contributed by atoms with E-state index in [0.29, 0.717) is 31.9 Å². The first-order valence-corrected chi connectivity index (χ1v) is 11.2. The van der Waals surface area contributed by atoms with Crippen LogP contribution in [0.25, 0.3) is 33.3 Å². The summed E-state index contributed by atoms with van der Waals surface area (Å²) >= 11 is 0. The Labute approximate surface area is 196 Å². The van der Waals surface area contributed by atoms with E-state index in [2.05, 4.69) is 11.1 Å². The van der Waals surface area contributed by atoms with Crippen LogP contribution in [0.2, 0.25) is 0 Å². The lowest BCUT2D eigenvalue weighted by Crippen LogP contribution is -2.22. The van der Waals surface area contributed by atoms with Crippen LogP contribution in [0.15, 0.2) is 65.7 Å². The highest BCUT2D eigenvalue weighted by Crippen LogP contribution is 2.39. The summed E-state index contributed by atoms with van der Waals surface area (Å²) in [6.07, 6.45) is 4.74. The van der Waals surface area contributed by atoms with Gasteiger partial charge in [-0.05, 0) is 36.2 Å². The van der Waals surface area contributed by atoms with Crippen LogP contribution in [0, 0.1) is 0 Å². The summed E-state index contributed by atoms with van der Waals surface area (Å²) < 4.78 is 13.2. The Bertz CT molecular complexity index is 1460. The number of aryl methyl sites for hydroxylation is 2. The normalized spacial score (nSPS) is 12.3. The van der Waals surface area contributed by atoms with Gasteiger partial charge in [-0.3, -0.25) is 9.78 Å². The summed E-state index contributed by atoms with van der Waals surface area (Å²) in [6, 6.07) is 15.5. The third kappa shape index (κ3) is 4.06. The summed E-state index contributed by atoms with van der Waals surface area (Å²) in [5.74, 6) is -0.460. The Hall–Kier alpha value is -3.97. The number of fused-ring (bicyclic) bond motifs is 4. The van der Waals surface area contributed by atoms with Gasteiger partial charge in [0.15, 0.2) is 5.43 Å². The first-order chi connectivity index (χ1) is 16.5. The van der Waals surface area contributed by atoms with Crippen LogP contribution in [-0.4, -0.2) is 41.0 Å². The molecule has 0 fully saturated rings. The molecule has 1 aliphatic heterocycles. The van der Waals surface area contributed by atoms with Gasteiger partial charge in [0.2, 0.25) is 0 Å². The predicted molar refractivity (Wildman–Crippen MR) is 130 cm³/mol. The van der Waals surface area contributed by atoms with E-state index in [0.717, 1.165) is 45.3 Å². The van der Waals surface area contributed by atoms with Crippen molar-refractivity contribution in [2.24, 2.45) is 0 Å². The third-order valence-corrected chi connectivity index (χ3v) is 6.11. The molecule has 0 bridgehead atoms. The Kier molecular flexibility index (Phi) is 5.86. The van der Waals surface area contributed by atoms with Gasteiger partial charge in [0.05, 0.1) is 17.8 Å². The molecular weight excluding hydrogens is 432 g/mol. The Balaban J connectivity index is 1.65. The van der Waals surface area contributed by atoms with E-state index in [1.54, 1.807) is 7.11 Å². The molecule has 34 heavy (non-hydrogen) atoms. The van der Waals surface area contributed by atoms with E-state index >= 15 is 0 Å². The summed E-state index contributed by atoms with van der Waals surface area (Å²) in [5.41, 5.74) is 4.63. The molecular formula is C27H24N2O5. The van der Waals surface area contributed by atoms with Crippen molar-refractivity contribution in [3.8, 4) is 28.1 Å². The lowest BCUT2D eigenvalue weighted by Gasteiger charge is -2.25. The minimum absolute atomic E-state index is 0.218. The molecule has 7 heteroatoms. The zero-order chi connectivity index (χ0) is 23.7. The van der Waals surface area contributed by atoms with E-state index in [9.17, 15) is 14.7 Å². The number of methoxy groups -OCH3 is 1. The second-order valence-corrected chi connectivity index (χ2v) is 8.30. The number of carboxylic acids is 1. The Morgan fingerprint density at radius 2 is 1.97 bits per heavy atom. The molecule has 0 spiro atoms. The number of benzene rings is 2. The Morgan fingerprint density at radius 3 is 2.79 bits per heavy atom. The summed E-state index contributed by atoms with van der Waals surface area (Å²) in [5, 5.41) is 10.4. The standard InChI is InChI=1S/C27H24N2O5/c1-33-9-4-10-34-26-12-17-7-8-29-16-22(27(31)32)25(30)14-24(29)20(17)13-21(26)19-11-18-5-2-3-6-23(18)28-15-19/h2-3,5-6,11-16H,4,7-10H2,1H3,(H,31,32). The minimum Gasteiger partial charge on any atom is -0.493 e. The van der Waals surface area contributed by atoms with Crippen molar-refractivity contribution in [2.45, 2.75) is 19.4 Å². The molecule has 0 amide bonds. The van der Waals surface area contributed by atoms with Gasteiger partial charge in [0, 0.05) is 67.2 Å². The Morgan fingerprint density at radius 1 is 1.12 bits per heavy atom. The molecule has 0 radical (unpaired) electrons. The molecule has 0 aliphatic carbocycles. The molecule has 4 aromatic rings. The maximum absolute atomic E-state index is 12.5. The molecule has 172 valence electrons. The average Bonchev–Trinajstić information content (AvgIpc) is 2.85. The van der Waals surface area contributed by atoms with Gasteiger partial charge in [0.1, 0.15) is 11.3 Å². The number of carboxylic acid groups (broad SMARTS) is 1. The number of carbonyl (C=O) groups is 1. The summed E-state index contributed by atoms with van der Waals surface area (Å²) in [7, 11) is 1.67. The number of hydrogen-bond acceptors (Lipinski definition) is 5. The lowest BCUT2D eigenvalue weighted by molar-refractivity contribution is 0.0694. The van der Waals surface area contributed by atoms with Gasteiger partial charge in [0.25, 0.3) is 0 Å². The van der Waals surface area contributed by atoms with Gasteiger partial charge in [-0.15, -0.1) is 0 Å². The van der Waals surface area contributed by atoms with Crippen molar-refractivity contribution >= 4 is 16.9 Å². The zero-order valence-corrected chi connectivity index (χ0v) is 18.8. The smallest absolute Gasteiger partial charge is 0.341 e. The summed E-state index contributed by atoms with van der Waals surface area (Å²) in [6.45, 7) is 1.71. The SMILES string of the molecule is COCCCOc1cc2c(cc1-c1cnc3ccccc3c1)-c1cc(=O)c(C(=O)O)cn1CC2. The number of pyridine rings is 2. The second-order valence-electron chi connectivity index (χ2n) is 8.30. The van der Waals surface area contributed by atoms with E-state index in [-0.39, 0.29) is 5.56 Å². The fraction of sp³-hybridized carbons (Fsp3) is 0.222. The van der Waals surface area contributed by atoms with Crippen LogP contribution < -0.4 is 10.2 Å². The third-order valence-electron chi connectivity index (χ3n) is 6.11. The van der Waals surface area contributed by atoms with Gasteiger partial charge in [-0.1, -0.05) is 18.2 Å². The average molecular weight is 456 g/mol. The number of nitrogens with zero attached hydrogens (tertiary/aromatic N) is 2. The number of ether oxygens (including phenoxy) is 2. The topological polar surface area (TPSA) is 90.7 Å². The molecule has 7 nitrogen and oxygen atoms in total. The second kappa shape index (κ2) is 9.11. The van der Waals surface area contributed by atoms with Crippen molar-refractivity contribution in [1.82, 2.24) is 9.55 Å². The van der Waals surface area contributed by atoms with Crippen molar-refractivity contribution < 1.29 is 19.4 Å². The maximum atomic E-state index is 12.5. The number of aromatic nitrogens is 2.